The number of hydrogen-bond acceptors (Lipinski definition) is 0. The van der Waals surface area contributed by atoms with Crippen molar-refractivity contribution in [1.82, 2.24) is 0 Å². The highest BCUT2D eigenvalue weighted by Gasteiger charge is 2.19. The summed E-state index contributed by atoms with van der Waals surface area (Å²) in [4.78, 5) is -0.575. The summed E-state index contributed by atoms with van der Waals surface area (Å²) in [5.41, 5.74) is 0.700. The Morgan fingerprint density at radius 1 is 1.00 bits per heavy atom. The minimum Gasteiger partial charge on any atom is -0.207 e. The monoisotopic (exact) mass is 348 g/mol. The fraction of sp³-hybridized carbons (Fsp3) is 0.143. The maximum atomic E-state index is 13.6. The van der Waals surface area contributed by atoms with Gasteiger partial charge in [-0.25, -0.2) is 13.2 Å². The maximum Gasteiger partial charge on any atom is 0.133 e. The van der Waals surface area contributed by atoms with Crippen LogP contribution in [0.5, 0.6) is 0 Å². The number of alkyl halides is 1. The third-order valence-electron chi connectivity index (χ3n) is 2.69. The predicted octanol–water partition coefficient (Wildman–Crippen LogP) is 5.44. The van der Waals surface area contributed by atoms with Crippen LogP contribution < -0.4 is 0 Å². The van der Waals surface area contributed by atoms with E-state index in [2.05, 4.69) is 15.9 Å². The molecule has 0 aliphatic rings. The first-order chi connectivity index (χ1) is 8.97. The highest BCUT2D eigenvalue weighted by Crippen LogP contribution is 2.32. The Morgan fingerprint density at radius 2 is 1.53 bits per heavy atom. The smallest absolute Gasteiger partial charge is 0.133 e. The molecule has 0 saturated heterocycles. The second-order valence-corrected chi connectivity index (χ2v) is 5.62. The van der Waals surface area contributed by atoms with E-state index in [1.807, 2.05) is 0 Å². The van der Waals surface area contributed by atoms with Gasteiger partial charge < -0.3 is 0 Å². The van der Waals surface area contributed by atoms with E-state index in [-0.39, 0.29) is 5.56 Å². The fourth-order valence-electron chi connectivity index (χ4n) is 1.78. The zero-order valence-corrected chi connectivity index (χ0v) is 12.0. The lowest BCUT2D eigenvalue weighted by molar-refractivity contribution is 0.522. The molecule has 0 N–H and O–H groups in total. The van der Waals surface area contributed by atoms with Crippen molar-refractivity contribution in [2.75, 3.05) is 0 Å². The van der Waals surface area contributed by atoms with E-state index < -0.39 is 22.3 Å². The van der Waals surface area contributed by atoms with Gasteiger partial charge in [-0.05, 0) is 24.1 Å². The van der Waals surface area contributed by atoms with Crippen LogP contribution >= 0.6 is 27.5 Å². The van der Waals surface area contributed by atoms with Crippen LogP contribution in [-0.4, -0.2) is 0 Å². The molecule has 1 atom stereocenters. The van der Waals surface area contributed by atoms with Crippen molar-refractivity contribution in [2.45, 2.75) is 11.2 Å². The Morgan fingerprint density at radius 3 is 2.05 bits per heavy atom. The molecule has 19 heavy (non-hydrogen) atoms. The molecule has 0 aromatic heterocycles. The van der Waals surface area contributed by atoms with E-state index in [4.69, 9.17) is 11.6 Å². The summed E-state index contributed by atoms with van der Waals surface area (Å²) < 4.78 is 40.0. The minimum absolute atomic E-state index is 0.170. The molecule has 0 spiro atoms. The van der Waals surface area contributed by atoms with Crippen molar-refractivity contribution < 1.29 is 13.2 Å². The fourth-order valence-corrected chi connectivity index (χ4v) is 2.72. The first-order valence-corrected chi connectivity index (χ1v) is 6.79. The summed E-state index contributed by atoms with van der Waals surface area (Å²) in [5.74, 6) is -2.72. The van der Waals surface area contributed by atoms with Crippen molar-refractivity contribution in [3.63, 3.8) is 0 Å². The second-order valence-electron chi connectivity index (χ2n) is 4.08. The van der Waals surface area contributed by atoms with E-state index >= 15 is 0 Å². The third-order valence-corrected chi connectivity index (χ3v) is 3.72. The molecule has 0 aliphatic carbocycles. The molecule has 100 valence electrons. The Hall–Kier alpha value is -1.00. The lowest BCUT2D eigenvalue weighted by atomic mass is 10.0. The summed E-state index contributed by atoms with van der Waals surface area (Å²) >= 11 is 8.99. The van der Waals surface area contributed by atoms with Gasteiger partial charge in [0.2, 0.25) is 0 Å². The molecule has 0 bridgehead atoms. The van der Waals surface area contributed by atoms with Crippen LogP contribution in [0.2, 0.25) is 5.02 Å². The Bertz CT molecular complexity index is 561. The summed E-state index contributed by atoms with van der Waals surface area (Å²) in [7, 11) is 0. The summed E-state index contributed by atoms with van der Waals surface area (Å²) in [6.07, 6.45) is 0.372. The van der Waals surface area contributed by atoms with Crippen molar-refractivity contribution >= 4 is 27.5 Å². The molecule has 2 aromatic rings. The molecule has 0 saturated carbocycles. The van der Waals surface area contributed by atoms with Crippen molar-refractivity contribution in [3.8, 4) is 0 Å². The molecule has 0 aliphatic heterocycles. The summed E-state index contributed by atoms with van der Waals surface area (Å²) in [6.45, 7) is 0. The highest BCUT2D eigenvalue weighted by molar-refractivity contribution is 9.09. The first-order valence-electron chi connectivity index (χ1n) is 5.50. The molecular weight excluding hydrogens is 341 g/mol. The average Bonchev–Trinajstić information content (AvgIpc) is 2.30. The summed E-state index contributed by atoms with van der Waals surface area (Å²) in [5, 5.41) is 0.592. The summed E-state index contributed by atoms with van der Waals surface area (Å²) in [6, 6.07) is 8.30. The lowest BCUT2D eigenvalue weighted by Gasteiger charge is -2.12. The zero-order valence-electron chi connectivity index (χ0n) is 9.64. The van der Waals surface area contributed by atoms with Gasteiger partial charge in [0.1, 0.15) is 17.5 Å². The van der Waals surface area contributed by atoms with Crippen LogP contribution in [0.3, 0.4) is 0 Å². The molecule has 2 rings (SSSR count). The molecule has 0 amide bonds. The molecule has 0 fully saturated rings. The normalized spacial score (nSPS) is 12.5. The van der Waals surface area contributed by atoms with Crippen LogP contribution in [-0.2, 0) is 6.42 Å². The minimum atomic E-state index is -0.926. The van der Waals surface area contributed by atoms with E-state index in [1.165, 1.54) is 0 Å². The second kappa shape index (κ2) is 5.97. The molecule has 5 heteroatoms. The van der Waals surface area contributed by atoms with E-state index in [1.54, 1.807) is 24.3 Å². The molecular formula is C14H9BrClF3. The van der Waals surface area contributed by atoms with Crippen molar-refractivity contribution in [2.24, 2.45) is 0 Å². The molecule has 0 nitrogen and oxygen atoms in total. The van der Waals surface area contributed by atoms with Gasteiger partial charge in [0.05, 0.1) is 0 Å². The van der Waals surface area contributed by atoms with Gasteiger partial charge in [-0.15, -0.1) is 0 Å². The van der Waals surface area contributed by atoms with Gasteiger partial charge in [0.25, 0.3) is 0 Å². The molecule has 2 aromatic carbocycles. The largest absolute Gasteiger partial charge is 0.207 e. The van der Waals surface area contributed by atoms with Gasteiger partial charge in [0, 0.05) is 27.5 Å². The third kappa shape index (κ3) is 3.51. The van der Waals surface area contributed by atoms with Crippen LogP contribution in [0.4, 0.5) is 13.2 Å². The zero-order chi connectivity index (χ0) is 14.0. The van der Waals surface area contributed by atoms with E-state index in [0.717, 1.165) is 5.56 Å². The van der Waals surface area contributed by atoms with E-state index in [0.29, 0.717) is 23.6 Å². The number of rotatable bonds is 3. The number of hydrogen-bond donors (Lipinski definition) is 0. The Labute approximate surface area is 122 Å². The van der Waals surface area contributed by atoms with Crippen LogP contribution in [0, 0.1) is 17.5 Å². The Kier molecular flexibility index (Phi) is 4.53. The molecule has 0 radical (unpaired) electrons. The topological polar surface area (TPSA) is 0 Å². The first kappa shape index (κ1) is 14.4. The number of benzene rings is 2. The van der Waals surface area contributed by atoms with Crippen LogP contribution in [0.1, 0.15) is 16.0 Å². The molecule has 1 unspecified atom stereocenters. The van der Waals surface area contributed by atoms with Crippen LogP contribution in [0.25, 0.3) is 0 Å². The van der Waals surface area contributed by atoms with Gasteiger partial charge in [-0.1, -0.05) is 39.7 Å². The predicted molar refractivity (Wildman–Crippen MR) is 73.1 cm³/mol. The van der Waals surface area contributed by atoms with Crippen molar-refractivity contribution in [3.05, 3.63) is 70.0 Å². The van der Waals surface area contributed by atoms with Crippen LogP contribution in [0.15, 0.2) is 36.4 Å². The van der Waals surface area contributed by atoms with Gasteiger partial charge in [-0.2, -0.15) is 0 Å². The SMILES string of the molecule is Fc1cc(F)c(C(Br)Cc2ccc(Cl)cc2)c(F)c1. The standard InChI is InChI=1S/C14H9BrClF3/c15-11(5-8-1-3-9(16)4-2-8)14-12(18)6-10(17)7-13(14)19/h1-4,6-7,11H,5H2. The Balaban J connectivity index is 2.25. The average molecular weight is 350 g/mol. The quantitative estimate of drug-likeness (QED) is 0.648. The maximum absolute atomic E-state index is 13.6. The van der Waals surface area contributed by atoms with Gasteiger partial charge in [0.15, 0.2) is 0 Å². The lowest BCUT2D eigenvalue weighted by Crippen LogP contribution is -2.03. The van der Waals surface area contributed by atoms with Gasteiger partial charge >= 0.3 is 0 Å². The van der Waals surface area contributed by atoms with Crippen molar-refractivity contribution in [1.29, 1.82) is 0 Å². The highest BCUT2D eigenvalue weighted by atomic mass is 79.9. The van der Waals surface area contributed by atoms with Gasteiger partial charge in [-0.3, -0.25) is 0 Å². The number of halogens is 5. The molecule has 0 heterocycles. The van der Waals surface area contributed by atoms with E-state index in [9.17, 15) is 13.2 Å².